The summed E-state index contributed by atoms with van der Waals surface area (Å²) in [6.45, 7) is 8.09. The lowest BCUT2D eigenvalue weighted by Gasteiger charge is -2.27. The predicted octanol–water partition coefficient (Wildman–Crippen LogP) is 4.44. The van der Waals surface area contributed by atoms with Gasteiger partial charge >= 0.3 is 5.97 Å². The molecule has 0 bridgehead atoms. The standard InChI is InChI=1S/C22H31N5O3S2/c1-4-16-14(3)32-19(18(16)20(29)30-5-2)23-17(28)13-31-22-25-24-21(27(22)15-9-10-15)26-11-7-6-8-12-26/h15H,4-13H2,1-3H3,(H,23,28). The first-order chi connectivity index (χ1) is 15.5. The highest BCUT2D eigenvalue weighted by Gasteiger charge is 2.32. The second-order valence-electron chi connectivity index (χ2n) is 8.18. The molecule has 8 nitrogen and oxygen atoms in total. The Hall–Kier alpha value is -2.07. The molecule has 1 saturated carbocycles. The number of aromatic nitrogens is 3. The highest BCUT2D eigenvalue weighted by atomic mass is 32.2. The van der Waals surface area contributed by atoms with Crippen LogP contribution in [-0.2, 0) is 16.0 Å². The van der Waals surface area contributed by atoms with E-state index in [9.17, 15) is 9.59 Å². The maximum atomic E-state index is 12.8. The van der Waals surface area contributed by atoms with Gasteiger partial charge in [-0.3, -0.25) is 9.36 Å². The third-order valence-corrected chi connectivity index (χ3v) is 7.83. The molecule has 3 heterocycles. The Morgan fingerprint density at radius 3 is 2.59 bits per heavy atom. The minimum Gasteiger partial charge on any atom is -0.462 e. The van der Waals surface area contributed by atoms with Gasteiger partial charge in [0.15, 0.2) is 5.16 Å². The molecule has 0 unspecified atom stereocenters. The number of carbonyl (C=O) groups is 2. The van der Waals surface area contributed by atoms with Crippen LogP contribution in [0.3, 0.4) is 0 Å². The van der Waals surface area contributed by atoms with E-state index in [2.05, 4.69) is 25.0 Å². The number of thioether (sulfide) groups is 1. The van der Waals surface area contributed by atoms with Gasteiger partial charge in [-0.25, -0.2) is 4.79 Å². The fraction of sp³-hybridized carbons (Fsp3) is 0.636. The molecule has 0 radical (unpaired) electrons. The highest BCUT2D eigenvalue weighted by Crippen LogP contribution is 2.41. The number of carbonyl (C=O) groups excluding carboxylic acids is 2. The molecule has 0 atom stereocenters. The molecule has 2 aromatic heterocycles. The SMILES string of the molecule is CCOC(=O)c1c(NC(=O)CSc2nnc(N3CCCCC3)n2C2CC2)sc(C)c1CC. The fourth-order valence-electron chi connectivity index (χ4n) is 4.13. The van der Waals surface area contributed by atoms with Crippen molar-refractivity contribution in [2.75, 3.05) is 35.7 Å². The van der Waals surface area contributed by atoms with Crippen molar-refractivity contribution in [2.24, 2.45) is 0 Å². The number of ether oxygens (including phenoxy) is 1. The minimum absolute atomic E-state index is 0.158. The molecular formula is C22H31N5O3S2. The number of piperidine rings is 1. The van der Waals surface area contributed by atoms with Gasteiger partial charge < -0.3 is 15.0 Å². The molecule has 32 heavy (non-hydrogen) atoms. The van der Waals surface area contributed by atoms with E-state index in [0.717, 1.165) is 47.5 Å². The van der Waals surface area contributed by atoms with E-state index in [1.807, 2.05) is 13.8 Å². The summed E-state index contributed by atoms with van der Waals surface area (Å²) in [4.78, 5) is 28.6. The maximum Gasteiger partial charge on any atom is 0.341 e. The molecule has 1 aliphatic carbocycles. The number of amides is 1. The van der Waals surface area contributed by atoms with Crippen molar-refractivity contribution in [2.45, 2.75) is 70.5 Å². The Morgan fingerprint density at radius 1 is 1.19 bits per heavy atom. The van der Waals surface area contributed by atoms with Crippen LogP contribution in [0.1, 0.15) is 72.8 Å². The van der Waals surface area contributed by atoms with Gasteiger partial charge in [-0.05, 0) is 57.9 Å². The lowest BCUT2D eigenvalue weighted by molar-refractivity contribution is -0.113. The molecule has 4 rings (SSSR count). The Kier molecular flexibility index (Phi) is 7.40. The van der Waals surface area contributed by atoms with Crippen LogP contribution >= 0.6 is 23.1 Å². The lowest BCUT2D eigenvalue weighted by Crippen LogP contribution is -2.32. The molecule has 2 aliphatic rings. The summed E-state index contributed by atoms with van der Waals surface area (Å²) in [6, 6.07) is 0.440. The van der Waals surface area contributed by atoms with E-state index in [0.29, 0.717) is 29.6 Å². The van der Waals surface area contributed by atoms with Crippen LogP contribution in [0.2, 0.25) is 0 Å². The number of nitrogens with zero attached hydrogens (tertiary/aromatic N) is 4. The van der Waals surface area contributed by atoms with Crippen molar-refractivity contribution in [3.63, 3.8) is 0 Å². The Labute approximate surface area is 197 Å². The van der Waals surface area contributed by atoms with E-state index < -0.39 is 0 Å². The predicted molar refractivity (Wildman–Crippen MR) is 128 cm³/mol. The van der Waals surface area contributed by atoms with Crippen molar-refractivity contribution in [3.05, 3.63) is 16.0 Å². The molecular weight excluding hydrogens is 446 g/mol. The summed E-state index contributed by atoms with van der Waals surface area (Å²) in [5, 5.41) is 13.2. The van der Waals surface area contributed by atoms with E-state index in [1.165, 1.54) is 42.4 Å². The average molecular weight is 478 g/mol. The largest absolute Gasteiger partial charge is 0.462 e. The summed E-state index contributed by atoms with van der Waals surface area (Å²) < 4.78 is 7.45. The molecule has 1 aliphatic heterocycles. The van der Waals surface area contributed by atoms with E-state index in [4.69, 9.17) is 4.74 Å². The van der Waals surface area contributed by atoms with Crippen LogP contribution < -0.4 is 10.2 Å². The number of rotatable bonds is 9. The zero-order valence-electron chi connectivity index (χ0n) is 19.0. The zero-order chi connectivity index (χ0) is 22.7. The summed E-state index contributed by atoms with van der Waals surface area (Å²) in [6.07, 6.45) is 6.62. The second-order valence-corrected chi connectivity index (χ2v) is 10.4. The molecule has 174 valence electrons. The average Bonchev–Trinajstić information content (AvgIpc) is 3.46. The Bertz CT molecular complexity index is 977. The van der Waals surface area contributed by atoms with Crippen LogP contribution in [0.25, 0.3) is 0 Å². The number of nitrogens with one attached hydrogen (secondary N) is 1. The number of aryl methyl sites for hydroxylation is 1. The first-order valence-electron chi connectivity index (χ1n) is 11.4. The Morgan fingerprint density at radius 2 is 1.94 bits per heavy atom. The number of thiophene rings is 1. The van der Waals surface area contributed by atoms with Gasteiger partial charge in [-0.15, -0.1) is 21.5 Å². The third-order valence-electron chi connectivity index (χ3n) is 5.82. The van der Waals surface area contributed by atoms with E-state index in [1.54, 1.807) is 6.92 Å². The van der Waals surface area contributed by atoms with Crippen molar-refractivity contribution >= 4 is 45.9 Å². The number of anilines is 2. The Balaban J connectivity index is 1.45. The van der Waals surface area contributed by atoms with Gasteiger partial charge in [0.1, 0.15) is 5.00 Å². The van der Waals surface area contributed by atoms with Gasteiger partial charge in [0.05, 0.1) is 17.9 Å². The molecule has 2 fully saturated rings. The second kappa shape index (κ2) is 10.2. The number of esters is 1. The van der Waals surface area contributed by atoms with Gasteiger partial charge in [0, 0.05) is 24.0 Å². The van der Waals surface area contributed by atoms with E-state index in [-0.39, 0.29) is 17.6 Å². The quantitative estimate of drug-likeness (QED) is 0.422. The topological polar surface area (TPSA) is 89.3 Å². The van der Waals surface area contributed by atoms with Crippen LogP contribution in [0.15, 0.2) is 5.16 Å². The normalized spacial score (nSPS) is 16.3. The first kappa shape index (κ1) is 23.1. The van der Waals surface area contributed by atoms with Gasteiger partial charge in [0.2, 0.25) is 11.9 Å². The van der Waals surface area contributed by atoms with Crippen LogP contribution in [0.5, 0.6) is 0 Å². The summed E-state index contributed by atoms with van der Waals surface area (Å²) in [7, 11) is 0. The highest BCUT2D eigenvalue weighted by molar-refractivity contribution is 7.99. The molecule has 0 aromatic carbocycles. The van der Waals surface area contributed by atoms with Crippen LogP contribution in [0, 0.1) is 6.92 Å². The van der Waals surface area contributed by atoms with Crippen molar-refractivity contribution < 1.29 is 14.3 Å². The fourth-order valence-corrected chi connectivity index (χ4v) is 6.08. The number of hydrogen-bond acceptors (Lipinski definition) is 8. The van der Waals surface area contributed by atoms with Gasteiger partial charge in [-0.1, -0.05) is 18.7 Å². The molecule has 10 heteroatoms. The molecule has 2 aromatic rings. The van der Waals surface area contributed by atoms with Crippen molar-refractivity contribution in [3.8, 4) is 0 Å². The molecule has 1 N–H and O–H groups in total. The lowest BCUT2D eigenvalue weighted by atomic mass is 10.1. The van der Waals surface area contributed by atoms with Crippen molar-refractivity contribution in [1.29, 1.82) is 0 Å². The first-order valence-corrected chi connectivity index (χ1v) is 13.3. The summed E-state index contributed by atoms with van der Waals surface area (Å²) in [5.41, 5.74) is 1.43. The molecule has 1 saturated heterocycles. The smallest absolute Gasteiger partial charge is 0.341 e. The zero-order valence-corrected chi connectivity index (χ0v) is 20.6. The van der Waals surface area contributed by atoms with Crippen LogP contribution in [0.4, 0.5) is 10.9 Å². The maximum absolute atomic E-state index is 12.8. The van der Waals surface area contributed by atoms with E-state index >= 15 is 0 Å². The monoisotopic (exact) mass is 477 g/mol. The van der Waals surface area contributed by atoms with Crippen LogP contribution in [-0.4, -0.2) is 52.1 Å². The molecule has 1 amide bonds. The van der Waals surface area contributed by atoms with Gasteiger partial charge in [0.25, 0.3) is 0 Å². The van der Waals surface area contributed by atoms with Gasteiger partial charge in [-0.2, -0.15) is 0 Å². The minimum atomic E-state index is -0.378. The summed E-state index contributed by atoms with van der Waals surface area (Å²) >= 11 is 2.84. The van der Waals surface area contributed by atoms with Crippen molar-refractivity contribution in [1.82, 2.24) is 14.8 Å². The third kappa shape index (κ3) is 4.96. The summed E-state index contributed by atoms with van der Waals surface area (Å²) in [5.74, 6) is 0.623. The molecule has 0 spiro atoms. The number of hydrogen-bond donors (Lipinski definition) is 1.